The van der Waals surface area contributed by atoms with E-state index in [0.29, 0.717) is 19.5 Å². The number of piperazine rings is 1. The molecule has 5 heteroatoms. The molecule has 2 N–H and O–H groups in total. The highest BCUT2D eigenvalue weighted by Gasteiger charge is 2.30. The minimum Gasteiger partial charge on any atom is -0.357 e. The van der Waals surface area contributed by atoms with Crippen LogP contribution in [-0.4, -0.2) is 49.4 Å². The van der Waals surface area contributed by atoms with Gasteiger partial charge in [0.1, 0.15) is 6.04 Å². The van der Waals surface area contributed by atoms with E-state index in [1.54, 1.807) is 11.9 Å². The van der Waals surface area contributed by atoms with Crippen LogP contribution in [0.25, 0.3) is 0 Å². The van der Waals surface area contributed by atoms with Gasteiger partial charge in [0.05, 0.1) is 0 Å². The van der Waals surface area contributed by atoms with Crippen molar-refractivity contribution in [3.63, 3.8) is 0 Å². The maximum atomic E-state index is 12.3. The second-order valence-corrected chi connectivity index (χ2v) is 5.79. The van der Waals surface area contributed by atoms with Gasteiger partial charge in [0.25, 0.3) is 0 Å². The Morgan fingerprint density at radius 2 is 1.81 bits per heavy atom. The largest absolute Gasteiger partial charge is 0.357 e. The molecule has 1 aliphatic heterocycles. The third kappa shape index (κ3) is 6.46. The number of likely N-dealkylation sites (N-methyl/N-ethyl adjacent to an activating group) is 1. The molecule has 1 unspecified atom stereocenters. The van der Waals surface area contributed by atoms with Crippen LogP contribution in [0.2, 0.25) is 0 Å². The summed E-state index contributed by atoms with van der Waals surface area (Å²) in [7, 11) is 1.62. The van der Waals surface area contributed by atoms with Crippen LogP contribution in [-0.2, 0) is 9.59 Å². The van der Waals surface area contributed by atoms with E-state index < -0.39 is 0 Å². The molecule has 0 spiro atoms. The fourth-order valence-electron chi connectivity index (χ4n) is 2.78. The predicted molar refractivity (Wildman–Crippen MR) is 85.0 cm³/mol. The third-order valence-electron chi connectivity index (χ3n) is 4.11. The van der Waals surface area contributed by atoms with Crippen molar-refractivity contribution >= 4 is 11.8 Å². The summed E-state index contributed by atoms with van der Waals surface area (Å²) < 4.78 is 0. The third-order valence-corrected chi connectivity index (χ3v) is 4.11. The van der Waals surface area contributed by atoms with E-state index in [0.717, 1.165) is 19.4 Å². The second kappa shape index (κ2) is 10.6. The van der Waals surface area contributed by atoms with Crippen LogP contribution < -0.4 is 10.6 Å². The Morgan fingerprint density at radius 3 is 2.48 bits per heavy atom. The lowest BCUT2D eigenvalue weighted by molar-refractivity contribution is -0.141. The molecule has 0 aromatic rings. The monoisotopic (exact) mass is 297 g/mol. The average Bonchev–Trinajstić information content (AvgIpc) is 2.53. The van der Waals surface area contributed by atoms with E-state index in [1.165, 1.54) is 32.1 Å². The molecule has 1 aliphatic rings. The topological polar surface area (TPSA) is 61.4 Å². The molecule has 0 aromatic carbocycles. The van der Waals surface area contributed by atoms with Gasteiger partial charge < -0.3 is 15.5 Å². The number of carbonyl (C=O) groups is 2. The molecule has 0 radical (unpaired) electrons. The Bertz CT molecular complexity index is 321. The summed E-state index contributed by atoms with van der Waals surface area (Å²) in [6.07, 6.45) is 9.00. The molecule has 5 nitrogen and oxygen atoms in total. The van der Waals surface area contributed by atoms with Gasteiger partial charge >= 0.3 is 0 Å². The number of unbranched alkanes of at least 4 members (excludes halogenated alkanes) is 6. The Morgan fingerprint density at radius 1 is 1.14 bits per heavy atom. The van der Waals surface area contributed by atoms with Gasteiger partial charge in [-0.3, -0.25) is 9.59 Å². The molecular formula is C16H31N3O2. The van der Waals surface area contributed by atoms with E-state index in [-0.39, 0.29) is 17.9 Å². The Labute approximate surface area is 128 Å². The molecule has 1 rings (SSSR count). The summed E-state index contributed by atoms with van der Waals surface area (Å²) in [4.78, 5) is 25.8. The molecule has 1 atom stereocenters. The predicted octanol–water partition coefficient (Wildman–Crippen LogP) is 1.67. The maximum Gasteiger partial charge on any atom is 0.243 e. The minimum absolute atomic E-state index is 0.0740. The zero-order valence-electron chi connectivity index (χ0n) is 13.6. The van der Waals surface area contributed by atoms with Gasteiger partial charge in [0.2, 0.25) is 11.8 Å². The van der Waals surface area contributed by atoms with Crippen molar-refractivity contribution in [1.29, 1.82) is 0 Å². The molecular weight excluding hydrogens is 266 g/mol. The van der Waals surface area contributed by atoms with Crippen molar-refractivity contribution in [2.24, 2.45) is 0 Å². The van der Waals surface area contributed by atoms with Crippen LogP contribution in [0.15, 0.2) is 0 Å². The van der Waals surface area contributed by atoms with Gasteiger partial charge in [-0.25, -0.2) is 0 Å². The van der Waals surface area contributed by atoms with Crippen LogP contribution in [0.3, 0.4) is 0 Å². The van der Waals surface area contributed by atoms with Crippen LogP contribution in [0.5, 0.6) is 0 Å². The van der Waals surface area contributed by atoms with E-state index in [4.69, 9.17) is 0 Å². The lowest BCUT2D eigenvalue weighted by atomic mass is 10.1. The molecule has 0 bridgehead atoms. The first-order chi connectivity index (χ1) is 10.2. The van der Waals surface area contributed by atoms with Gasteiger partial charge in [-0.05, 0) is 6.42 Å². The first kappa shape index (κ1) is 18.0. The van der Waals surface area contributed by atoms with E-state index in [2.05, 4.69) is 17.6 Å². The highest BCUT2D eigenvalue weighted by atomic mass is 16.2. The van der Waals surface area contributed by atoms with Crippen LogP contribution in [0, 0.1) is 0 Å². The van der Waals surface area contributed by atoms with E-state index >= 15 is 0 Å². The number of amides is 2. The molecule has 2 amide bonds. The normalized spacial score (nSPS) is 18.6. The van der Waals surface area contributed by atoms with Crippen LogP contribution >= 0.6 is 0 Å². The summed E-state index contributed by atoms with van der Waals surface area (Å²) >= 11 is 0. The summed E-state index contributed by atoms with van der Waals surface area (Å²) in [6, 6.07) is -0.346. The van der Waals surface area contributed by atoms with Crippen molar-refractivity contribution in [2.45, 2.75) is 64.3 Å². The van der Waals surface area contributed by atoms with Gasteiger partial charge in [-0.2, -0.15) is 0 Å². The highest BCUT2D eigenvalue weighted by Crippen LogP contribution is 2.12. The fraction of sp³-hybridized carbons (Fsp3) is 0.875. The lowest BCUT2D eigenvalue weighted by Crippen LogP contribution is -2.59. The zero-order chi connectivity index (χ0) is 15.5. The number of nitrogens with one attached hydrogen (secondary N) is 2. The standard InChI is InChI=1S/C16H31N3O2/c1-3-4-5-6-7-8-9-10-15(20)19-12-11-18-13-14(19)16(21)17-2/h14,18H,3-13H2,1-2H3,(H,17,21). The first-order valence-corrected chi connectivity index (χ1v) is 8.42. The lowest BCUT2D eigenvalue weighted by Gasteiger charge is -2.35. The SMILES string of the molecule is CCCCCCCCCC(=O)N1CCNCC1C(=O)NC. The highest BCUT2D eigenvalue weighted by molar-refractivity contribution is 5.88. The number of rotatable bonds is 9. The van der Waals surface area contributed by atoms with Gasteiger partial charge in [-0.15, -0.1) is 0 Å². The second-order valence-electron chi connectivity index (χ2n) is 5.79. The van der Waals surface area contributed by atoms with Gasteiger partial charge in [-0.1, -0.05) is 45.4 Å². The van der Waals surface area contributed by atoms with Crippen molar-refractivity contribution in [1.82, 2.24) is 15.5 Å². The first-order valence-electron chi connectivity index (χ1n) is 8.42. The fourth-order valence-corrected chi connectivity index (χ4v) is 2.78. The van der Waals surface area contributed by atoms with Crippen LogP contribution in [0.4, 0.5) is 0 Å². The quantitative estimate of drug-likeness (QED) is 0.637. The number of hydrogen-bond acceptors (Lipinski definition) is 3. The summed E-state index contributed by atoms with van der Waals surface area (Å²) in [5.41, 5.74) is 0. The smallest absolute Gasteiger partial charge is 0.243 e. The number of carbonyl (C=O) groups excluding carboxylic acids is 2. The van der Waals surface area contributed by atoms with Crippen molar-refractivity contribution in [3.05, 3.63) is 0 Å². The summed E-state index contributed by atoms with van der Waals surface area (Å²) in [5, 5.41) is 5.82. The minimum atomic E-state index is -0.346. The van der Waals surface area contributed by atoms with Crippen molar-refractivity contribution < 1.29 is 9.59 Å². The summed E-state index contributed by atoms with van der Waals surface area (Å²) in [5.74, 6) is 0.0498. The van der Waals surface area contributed by atoms with Crippen LogP contribution in [0.1, 0.15) is 58.3 Å². The van der Waals surface area contributed by atoms with E-state index in [1.807, 2.05) is 0 Å². The Hall–Kier alpha value is -1.10. The van der Waals surface area contributed by atoms with Crippen molar-refractivity contribution in [2.75, 3.05) is 26.7 Å². The molecule has 0 aromatic heterocycles. The Balaban J connectivity index is 2.24. The molecule has 0 aliphatic carbocycles. The number of nitrogens with zero attached hydrogens (tertiary/aromatic N) is 1. The van der Waals surface area contributed by atoms with Crippen molar-refractivity contribution in [3.8, 4) is 0 Å². The number of hydrogen-bond donors (Lipinski definition) is 2. The van der Waals surface area contributed by atoms with Gasteiger partial charge in [0.15, 0.2) is 0 Å². The molecule has 1 saturated heterocycles. The maximum absolute atomic E-state index is 12.3. The Kier molecular flexibility index (Phi) is 9.06. The zero-order valence-corrected chi connectivity index (χ0v) is 13.6. The molecule has 1 heterocycles. The molecule has 1 fully saturated rings. The van der Waals surface area contributed by atoms with Gasteiger partial charge in [0, 0.05) is 33.1 Å². The van der Waals surface area contributed by atoms with E-state index in [9.17, 15) is 9.59 Å². The summed E-state index contributed by atoms with van der Waals surface area (Å²) in [6.45, 7) is 4.18. The molecule has 21 heavy (non-hydrogen) atoms. The average molecular weight is 297 g/mol. The molecule has 122 valence electrons. The molecule has 0 saturated carbocycles.